The number of para-hydroxylation sites is 2. The van der Waals surface area contributed by atoms with Gasteiger partial charge >= 0.3 is 0 Å². The zero-order valence-electron chi connectivity index (χ0n) is 11.2. The first-order chi connectivity index (χ1) is 9.51. The molecule has 0 spiro atoms. The molecule has 0 unspecified atom stereocenters. The van der Waals surface area contributed by atoms with Gasteiger partial charge in [-0.3, -0.25) is 8.99 Å². The zero-order valence-corrected chi connectivity index (χ0v) is 13.5. The van der Waals surface area contributed by atoms with Crippen molar-refractivity contribution in [2.75, 3.05) is 22.7 Å². The number of sulfonamides is 1. The molecule has 0 amide bonds. The van der Waals surface area contributed by atoms with Crippen molar-refractivity contribution >= 4 is 45.4 Å². The van der Waals surface area contributed by atoms with Crippen LogP contribution in [0.25, 0.3) is 0 Å². The first kappa shape index (κ1) is 15.9. The van der Waals surface area contributed by atoms with Crippen LogP contribution in [0, 0.1) is 0 Å². The van der Waals surface area contributed by atoms with Crippen LogP contribution in [-0.4, -0.2) is 31.3 Å². The number of hydrogen-bond acceptors (Lipinski definition) is 4. The third-order valence-corrected chi connectivity index (χ3v) is 5.50. The lowest BCUT2D eigenvalue weighted by Gasteiger charge is -2.31. The minimum Gasteiger partial charge on any atom is -0.382 e. The van der Waals surface area contributed by atoms with Crippen LogP contribution >= 0.6 is 24.0 Å². The minimum absolute atomic E-state index is 0. The number of nitrogens with zero attached hydrogens (tertiary/aromatic N) is 3. The average molecular weight is 349 g/mol. The van der Waals surface area contributed by atoms with Crippen LogP contribution < -0.4 is 9.62 Å². The van der Waals surface area contributed by atoms with Gasteiger partial charge in [0, 0.05) is 13.6 Å². The van der Waals surface area contributed by atoms with Gasteiger partial charge in [-0.1, -0.05) is 23.7 Å². The van der Waals surface area contributed by atoms with Crippen molar-refractivity contribution in [1.29, 1.82) is 0 Å². The molecule has 1 aromatic carbocycles. The maximum Gasteiger partial charge on any atom is 0.283 e. The molecule has 0 atom stereocenters. The lowest BCUT2D eigenvalue weighted by Crippen LogP contribution is -2.39. The molecule has 3 rings (SSSR count). The molecule has 0 aliphatic carbocycles. The van der Waals surface area contributed by atoms with Crippen molar-refractivity contribution < 1.29 is 8.42 Å². The fourth-order valence-electron chi connectivity index (χ4n) is 2.30. The van der Waals surface area contributed by atoms with Crippen molar-refractivity contribution in [3.63, 3.8) is 0 Å². The molecular formula is C12H14Cl2N4O2S. The molecule has 0 saturated heterocycles. The van der Waals surface area contributed by atoms with E-state index in [2.05, 4.69) is 10.4 Å². The second-order valence-corrected chi connectivity index (χ2v) is 6.63. The van der Waals surface area contributed by atoms with Gasteiger partial charge in [-0.2, -0.15) is 13.5 Å². The molecule has 0 saturated carbocycles. The molecule has 21 heavy (non-hydrogen) atoms. The van der Waals surface area contributed by atoms with E-state index in [1.54, 1.807) is 19.2 Å². The molecule has 1 aliphatic heterocycles. The maximum atomic E-state index is 12.8. The monoisotopic (exact) mass is 348 g/mol. The summed E-state index contributed by atoms with van der Waals surface area (Å²) in [4.78, 5) is 0. The van der Waals surface area contributed by atoms with Crippen LogP contribution in [0.4, 0.5) is 11.4 Å². The number of nitrogens with one attached hydrogen (secondary N) is 1. The molecule has 1 N–H and O–H groups in total. The lowest BCUT2D eigenvalue weighted by molar-refractivity contribution is 0.572. The number of anilines is 2. The molecule has 9 heteroatoms. The summed E-state index contributed by atoms with van der Waals surface area (Å²) in [5.74, 6) is 0. The van der Waals surface area contributed by atoms with E-state index in [4.69, 9.17) is 11.6 Å². The predicted octanol–water partition coefficient (Wildman–Crippen LogP) is 2.12. The van der Waals surface area contributed by atoms with Crippen molar-refractivity contribution in [2.24, 2.45) is 7.05 Å². The molecule has 6 nitrogen and oxygen atoms in total. The van der Waals surface area contributed by atoms with E-state index < -0.39 is 10.0 Å². The maximum absolute atomic E-state index is 12.8. The van der Waals surface area contributed by atoms with Crippen LogP contribution in [0.15, 0.2) is 35.5 Å². The third kappa shape index (κ3) is 2.56. The Balaban J connectivity index is 0.00000161. The molecule has 1 aliphatic rings. The summed E-state index contributed by atoms with van der Waals surface area (Å²) < 4.78 is 28.3. The summed E-state index contributed by atoms with van der Waals surface area (Å²) in [7, 11) is -2.17. The Morgan fingerprint density at radius 1 is 1.33 bits per heavy atom. The summed E-state index contributed by atoms with van der Waals surface area (Å²) in [6.45, 7) is 0.895. The topological polar surface area (TPSA) is 67.2 Å². The van der Waals surface area contributed by atoms with Crippen LogP contribution in [0.3, 0.4) is 0 Å². The average Bonchev–Trinajstić information content (AvgIpc) is 2.78. The molecule has 2 heterocycles. The first-order valence-corrected chi connectivity index (χ1v) is 7.87. The van der Waals surface area contributed by atoms with Gasteiger partial charge in [0.15, 0.2) is 5.03 Å². The van der Waals surface area contributed by atoms with Crippen molar-refractivity contribution in [1.82, 2.24) is 9.78 Å². The Bertz CT molecular complexity index is 741. The Morgan fingerprint density at radius 2 is 2.05 bits per heavy atom. The molecular weight excluding hydrogens is 335 g/mol. The van der Waals surface area contributed by atoms with E-state index in [9.17, 15) is 8.42 Å². The molecule has 1 aromatic heterocycles. The number of fused-ring (bicyclic) bond motifs is 1. The lowest BCUT2D eigenvalue weighted by atomic mass is 10.2. The quantitative estimate of drug-likeness (QED) is 0.902. The summed E-state index contributed by atoms with van der Waals surface area (Å²) in [6.07, 6.45) is 1.34. The van der Waals surface area contributed by atoms with E-state index in [1.807, 2.05) is 12.1 Å². The largest absolute Gasteiger partial charge is 0.382 e. The highest BCUT2D eigenvalue weighted by Crippen LogP contribution is 2.34. The number of benzene rings is 1. The van der Waals surface area contributed by atoms with Gasteiger partial charge in [0.05, 0.1) is 29.1 Å². The summed E-state index contributed by atoms with van der Waals surface area (Å²) in [5.41, 5.74) is 1.41. The number of hydrogen-bond donors (Lipinski definition) is 1. The highest BCUT2D eigenvalue weighted by Gasteiger charge is 2.33. The molecule has 2 aromatic rings. The predicted molar refractivity (Wildman–Crippen MR) is 84.9 cm³/mol. The van der Waals surface area contributed by atoms with Gasteiger partial charge in [-0.05, 0) is 12.1 Å². The number of halogens is 2. The van der Waals surface area contributed by atoms with Gasteiger partial charge in [0.25, 0.3) is 10.0 Å². The second kappa shape index (κ2) is 5.75. The van der Waals surface area contributed by atoms with Gasteiger partial charge < -0.3 is 5.32 Å². The zero-order chi connectivity index (χ0) is 14.3. The Labute approximate surface area is 134 Å². The van der Waals surface area contributed by atoms with Crippen molar-refractivity contribution in [2.45, 2.75) is 5.03 Å². The second-order valence-electron chi connectivity index (χ2n) is 4.44. The fraction of sp³-hybridized carbons (Fsp3) is 0.250. The highest BCUT2D eigenvalue weighted by atomic mass is 35.5. The van der Waals surface area contributed by atoms with Crippen LogP contribution in [-0.2, 0) is 17.1 Å². The number of rotatable bonds is 2. The normalized spacial score (nSPS) is 14.1. The summed E-state index contributed by atoms with van der Waals surface area (Å²) in [6, 6.07) is 7.28. The first-order valence-electron chi connectivity index (χ1n) is 6.05. The van der Waals surface area contributed by atoms with E-state index in [0.29, 0.717) is 18.8 Å². The van der Waals surface area contributed by atoms with E-state index in [1.165, 1.54) is 15.2 Å². The SMILES string of the molecule is Cl.Cn1ncc(Cl)c1S(=O)(=O)N1CCNc2ccccc21. The van der Waals surface area contributed by atoms with E-state index >= 15 is 0 Å². The highest BCUT2D eigenvalue weighted by molar-refractivity contribution is 7.92. The molecule has 0 fully saturated rings. The smallest absolute Gasteiger partial charge is 0.283 e. The third-order valence-electron chi connectivity index (χ3n) is 3.18. The minimum atomic E-state index is -3.73. The van der Waals surface area contributed by atoms with Crippen LogP contribution in [0.2, 0.25) is 5.02 Å². The Hall–Kier alpha value is -1.44. The van der Waals surface area contributed by atoms with Crippen molar-refractivity contribution in [3.05, 3.63) is 35.5 Å². The summed E-state index contributed by atoms with van der Waals surface area (Å²) >= 11 is 5.97. The van der Waals surface area contributed by atoms with E-state index in [0.717, 1.165) is 5.69 Å². The number of aryl methyl sites for hydroxylation is 1. The number of aromatic nitrogens is 2. The van der Waals surface area contributed by atoms with Crippen molar-refractivity contribution in [3.8, 4) is 0 Å². The van der Waals surface area contributed by atoms with Gasteiger partial charge in [0.1, 0.15) is 0 Å². The van der Waals surface area contributed by atoms with Gasteiger partial charge in [-0.15, -0.1) is 12.4 Å². The van der Waals surface area contributed by atoms with Gasteiger partial charge in [0.2, 0.25) is 0 Å². The fourth-order valence-corrected chi connectivity index (χ4v) is 4.39. The molecule has 0 radical (unpaired) electrons. The Kier molecular flexibility index (Phi) is 4.36. The molecule has 0 bridgehead atoms. The van der Waals surface area contributed by atoms with Crippen LogP contribution in [0.5, 0.6) is 0 Å². The van der Waals surface area contributed by atoms with E-state index in [-0.39, 0.29) is 22.5 Å². The van der Waals surface area contributed by atoms with Gasteiger partial charge in [-0.25, -0.2) is 0 Å². The summed E-state index contributed by atoms with van der Waals surface area (Å²) in [5, 5.41) is 7.21. The Morgan fingerprint density at radius 3 is 2.71 bits per heavy atom. The van der Waals surface area contributed by atoms with Crippen LogP contribution in [0.1, 0.15) is 0 Å². The standard InChI is InChI=1S/C12H13ClN4O2S.ClH/c1-16-12(9(13)8-15-16)20(18,19)17-7-6-14-10-4-2-3-5-11(10)17;/h2-5,8,14H,6-7H2,1H3;1H. The molecule has 114 valence electrons.